The van der Waals surface area contributed by atoms with E-state index in [0.29, 0.717) is 17.6 Å². The maximum Gasteiger partial charge on any atom is 0.338 e. The number of ketones is 1. The summed E-state index contributed by atoms with van der Waals surface area (Å²) < 4.78 is 10.1. The summed E-state index contributed by atoms with van der Waals surface area (Å²) >= 11 is 0. The molecule has 1 aromatic rings. The average Bonchev–Trinajstić information content (AvgIpc) is 2.90. The van der Waals surface area contributed by atoms with E-state index >= 15 is 0 Å². The van der Waals surface area contributed by atoms with Gasteiger partial charge in [-0.25, -0.2) is 4.79 Å². The third-order valence-corrected chi connectivity index (χ3v) is 6.02. The van der Waals surface area contributed by atoms with Crippen LogP contribution in [0.4, 0.5) is 0 Å². The van der Waals surface area contributed by atoms with Gasteiger partial charge in [0.25, 0.3) is 0 Å². The predicted octanol–water partition coefficient (Wildman–Crippen LogP) is 3.45. The Morgan fingerprint density at radius 3 is 2.31 bits per heavy atom. The molecule has 2 unspecified atom stereocenters. The molecule has 1 saturated carbocycles. The van der Waals surface area contributed by atoms with Gasteiger partial charge in [0.15, 0.2) is 5.78 Å². The number of fused-ring (bicyclic) bond motifs is 3. The van der Waals surface area contributed by atoms with Crippen molar-refractivity contribution in [2.24, 2.45) is 5.41 Å². The number of methoxy groups -OCH3 is 2. The van der Waals surface area contributed by atoms with E-state index in [-0.39, 0.29) is 11.8 Å². The molecule has 0 radical (unpaired) electrons. The summed E-state index contributed by atoms with van der Waals surface area (Å²) in [5.74, 6) is -0.840. The quantitative estimate of drug-likeness (QED) is 0.613. The Labute approximate surface area is 153 Å². The Hall–Kier alpha value is -2.43. The van der Waals surface area contributed by atoms with Gasteiger partial charge < -0.3 is 9.47 Å². The molecule has 0 spiro atoms. The third kappa shape index (κ3) is 2.33. The molecule has 3 rings (SSSR count). The number of ether oxygens (including phenoxy) is 2. The Morgan fingerprint density at radius 2 is 1.73 bits per heavy atom. The zero-order valence-electron chi connectivity index (χ0n) is 15.9. The molecule has 0 N–H and O–H groups in total. The Kier molecular flexibility index (Phi) is 4.29. The molecule has 1 aromatic carbocycles. The molecule has 5 nitrogen and oxygen atoms in total. The minimum atomic E-state index is -0.902. The van der Waals surface area contributed by atoms with Crippen molar-refractivity contribution in [3.8, 4) is 0 Å². The van der Waals surface area contributed by atoms with Gasteiger partial charge in [0, 0.05) is 11.0 Å². The fourth-order valence-corrected chi connectivity index (χ4v) is 4.79. The average molecular weight is 356 g/mol. The van der Waals surface area contributed by atoms with E-state index in [9.17, 15) is 14.4 Å². The molecule has 0 saturated heterocycles. The summed E-state index contributed by atoms with van der Waals surface area (Å²) in [6, 6.07) is 5.38. The van der Waals surface area contributed by atoms with Gasteiger partial charge in [0.1, 0.15) is 0 Å². The Bertz CT molecular complexity index is 850. The molecule has 0 bridgehead atoms. The van der Waals surface area contributed by atoms with E-state index in [0.717, 1.165) is 29.5 Å². The second kappa shape index (κ2) is 6.08. The number of rotatable bonds is 3. The Balaban J connectivity index is 2.35. The van der Waals surface area contributed by atoms with E-state index in [2.05, 4.69) is 0 Å². The number of hydrogen-bond donors (Lipinski definition) is 0. The van der Waals surface area contributed by atoms with Crippen molar-refractivity contribution in [3.05, 3.63) is 40.5 Å². The molecule has 0 aromatic heterocycles. The van der Waals surface area contributed by atoms with Crippen LogP contribution in [-0.2, 0) is 24.5 Å². The lowest BCUT2D eigenvalue weighted by Gasteiger charge is -2.44. The van der Waals surface area contributed by atoms with Crippen LogP contribution in [0.15, 0.2) is 23.8 Å². The molecule has 0 aliphatic heterocycles. The van der Waals surface area contributed by atoms with Crippen LogP contribution in [0.3, 0.4) is 0 Å². The normalized spacial score (nSPS) is 26.8. The first-order valence-electron chi connectivity index (χ1n) is 8.78. The minimum absolute atomic E-state index is 0.0315. The van der Waals surface area contributed by atoms with E-state index in [4.69, 9.17) is 9.47 Å². The lowest BCUT2D eigenvalue weighted by molar-refractivity contribution is -0.151. The number of benzene rings is 1. The van der Waals surface area contributed by atoms with Crippen molar-refractivity contribution in [1.82, 2.24) is 0 Å². The van der Waals surface area contributed by atoms with Crippen molar-refractivity contribution in [2.45, 2.75) is 45.4 Å². The second-order valence-electron chi connectivity index (χ2n) is 7.57. The van der Waals surface area contributed by atoms with Gasteiger partial charge in [0.2, 0.25) is 0 Å². The SMILES string of the molecule is COC(=O)C1=C2C(C)(C(=O)OC)CCCC2(C)c2cc(C(C)=O)ccc21. The van der Waals surface area contributed by atoms with Crippen LogP contribution in [0.1, 0.15) is 61.5 Å². The van der Waals surface area contributed by atoms with Gasteiger partial charge in [-0.3, -0.25) is 9.59 Å². The van der Waals surface area contributed by atoms with Gasteiger partial charge in [-0.15, -0.1) is 0 Å². The number of carbonyl (C=O) groups excluding carboxylic acids is 3. The highest BCUT2D eigenvalue weighted by molar-refractivity contribution is 6.21. The maximum atomic E-state index is 12.7. The number of esters is 2. The summed E-state index contributed by atoms with van der Waals surface area (Å²) in [4.78, 5) is 37.3. The maximum absolute atomic E-state index is 12.7. The summed E-state index contributed by atoms with van der Waals surface area (Å²) in [7, 11) is 2.71. The molecule has 26 heavy (non-hydrogen) atoms. The molecule has 2 atom stereocenters. The van der Waals surface area contributed by atoms with Crippen LogP contribution in [0.5, 0.6) is 0 Å². The first-order valence-corrected chi connectivity index (χ1v) is 8.78. The van der Waals surface area contributed by atoms with Crippen molar-refractivity contribution in [3.63, 3.8) is 0 Å². The molecule has 0 amide bonds. The van der Waals surface area contributed by atoms with Gasteiger partial charge in [-0.2, -0.15) is 0 Å². The van der Waals surface area contributed by atoms with Gasteiger partial charge in [0.05, 0.1) is 25.2 Å². The van der Waals surface area contributed by atoms with Crippen LogP contribution in [0.2, 0.25) is 0 Å². The topological polar surface area (TPSA) is 69.7 Å². The van der Waals surface area contributed by atoms with Crippen LogP contribution in [0, 0.1) is 5.41 Å². The Morgan fingerprint density at radius 1 is 1.04 bits per heavy atom. The highest BCUT2D eigenvalue weighted by Crippen LogP contribution is 2.60. The van der Waals surface area contributed by atoms with E-state index in [1.165, 1.54) is 21.1 Å². The fraction of sp³-hybridized carbons (Fsp3) is 0.476. The first-order chi connectivity index (χ1) is 12.2. The zero-order chi connectivity index (χ0) is 19.3. The second-order valence-corrected chi connectivity index (χ2v) is 7.57. The molecule has 2 aliphatic carbocycles. The highest BCUT2D eigenvalue weighted by Gasteiger charge is 2.56. The number of hydrogen-bond acceptors (Lipinski definition) is 5. The van der Waals surface area contributed by atoms with Gasteiger partial charge in [-0.1, -0.05) is 25.5 Å². The first kappa shape index (κ1) is 18.4. The van der Waals surface area contributed by atoms with Crippen molar-refractivity contribution in [1.29, 1.82) is 0 Å². The molecule has 138 valence electrons. The summed E-state index contributed by atoms with van der Waals surface area (Å²) in [6.45, 7) is 5.40. The van der Waals surface area contributed by atoms with Gasteiger partial charge in [-0.05, 0) is 49.5 Å². The molecule has 2 aliphatic rings. The molecule has 1 fully saturated rings. The monoisotopic (exact) mass is 356 g/mol. The van der Waals surface area contributed by atoms with E-state index < -0.39 is 16.8 Å². The lowest BCUT2D eigenvalue weighted by atomic mass is 9.59. The summed E-state index contributed by atoms with van der Waals surface area (Å²) in [5, 5.41) is 0. The zero-order valence-corrected chi connectivity index (χ0v) is 15.9. The summed E-state index contributed by atoms with van der Waals surface area (Å²) in [6.07, 6.45) is 2.23. The fourth-order valence-electron chi connectivity index (χ4n) is 4.79. The predicted molar refractivity (Wildman–Crippen MR) is 96.7 cm³/mol. The number of Topliss-reactive ketones (excluding diaryl/α,β-unsaturated/α-hetero) is 1. The smallest absolute Gasteiger partial charge is 0.338 e. The summed E-state index contributed by atoms with van der Waals surface area (Å²) in [5.41, 5.74) is 2.04. The van der Waals surface area contributed by atoms with E-state index in [1.54, 1.807) is 12.1 Å². The van der Waals surface area contributed by atoms with Crippen molar-refractivity contribution >= 4 is 23.3 Å². The molecule has 5 heteroatoms. The molecular formula is C21H24O5. The van der Waals surface area contributed by atoms with Crippen LogP contribution in [-0.4, -0.2) is 31.9 Å². The lowest BCUT2D eigenvalue weighted by Crippen LogP contribution is -2.43. The van der Waals surface area contributed by atoms with Crippen molar-refractivity contribution in [2.75, 3.05) is 14.2 Å². The van der Waals surface area contributed by atoms with E-state index in [1.807, 2.05) is 19.9 Å². The van der Waals surface area contributed by atoms with Crippen LogP contribution < -0.4 is 0 Å². The molecular weight excluding hydrogens is 332 g/mol. The standard InChI is InChI=1S/C21H24O5/c1-12(22)13-7-8-14-15(11-13)20(2)9-6-10-21(3,19(24)26-5)17(20)16(14)18(23)25-4/h7-8,11H,6,9-10H2,1-5H3. The largest absolute Gasteiger partial charge is 0.468 e. The van der Waals surface area contributed by atoms with Crippen LogP contribution in [0.25, 0.3) is 5.57 Å². The van der Waals surface area contributed by atoms with Crippen molar-refractivity contribution < 1.29 is 23.9 Å². The molecule has 0 heterocycles. The van der Waals surface area contributed by atoms with Crippen LogP contribution >= 0.6 is 0 Å². The highest BCUT2D eigenvalue weighted by atomic mass is 16.5. The number of carbonyl (C=O) groups is 3. The minimum Gasteiger partial charge on any atom is -0.468 e. The third-order valence-electron chi connectivity index (χ3n) is 6.02. The van der Waals surface area contributed by atoms with Gasteiger partial charge >= 0.3 is 11.9 Å².